The lowest BCUT2D eigenvalue weighted by Gasteiger charge is -2.26. The van der Waals surface area contributed by atoms with Gasteiger partial charge in [0.05, 0.1) is 11.2 Å². The van der Waals surface area contributed by atoms with Gasteiger partial charge in [-0.2, -0.15) is 13.1 Å². The first kappa shape index (κ1) is 74.3. The molecule has 0 heterocycles. The highest BCUT2D eigenvalue weighted by Gasteiger charge is 2.26. The van der Waals surface area contributed by atoms with E-state index in [9.17, 15) is 32.4 Å². The molecule has 0 bridgehead atoms. The topological polar surface area (TPSA) is 231 Å². The van der Waals surface area contributed by atoms with Crippen molar-refractivity contribution in [3.63, 3.8) is 0 Å². The molecule has 0 aliphatic carbocycles. The zero-order valence-corrected chi connectivity index (χ0v) is 47.7. The molecule has 17 nitrogen and oxygen atoms in total. The van der Waals surface area contributed by atoms with Gasteiger partial charge in [0.1, 0.15) is 18.8 Å². The van der Waals surface area contributed by atoms with Crippen molar-refractivity contribution < 1.29 is 46.6 Å². The van der Waals surface area contributed by atoms with Crippen LogP contribution in [0.2, 0.25) is 0 Å². The number of carbonyl (C=O) groups excluding carboxylic acids is 5. The average Bonchev–Trinajstić information content (AvgIpc) is 2.84. The minimum Gasteiger partial charge on any atom is -0.443 e. The summed E-state index contributed by atoms with van der Waals surface area (Å²) in [6.45, 7) is 57.1. The number of amides is 6. The van der Waals surface area contributed by atoms with E-state index in [2.05, 4.69) is 31.3 Å². The maximum atomic E-state index is 11.4. The number of hydrogen-bond donors (Lipinski definition) is 7. The monoisotopic (exact) mass is 972 g/mol. The summed E-state index contributed by atoms with van der Waals surface area (Å²) in [5, 5.41) is 14.0. The molecule has 0 aromatic carbocycles. The van der Waals surface area contributed by atoms with Crippen LogP contribution in [-0.2, 0) is 38.8 Å². The van der Waals surface area contributed by atoms with Crippen LogP contribution in [0, 0.1) is 5.41 Å². The Hall–Kier alpha value is -3.22. The lowest BCUT2D eigenvalue weighted by Crippen LogP contribution is -2.52. The van der Waals surface area contributed by atoms with Crippen molar-refractivity contribution in [1.29, 1.82) is 0 Å². The van der Waals surface area contributed by atoms with Gasteiger partial charge in [-0.15, -0.1) is 0 Å². The molecule has 0 aromatic rings. The molecule has 398 valence electrons. The van der Waals surface area contributed by atoms with E-state index < -0.39 is 27.4 Å². The van der Waals surface area contributed by atoms with Crippen LogP contribution in [0.25, 0.3) is 0 Å². The Balaban J connectivity index is -0.000000171. The van der Waals surface area contributed by atoms with E-state index in [1.165, 1.54) is 0 Å². The van der Waals surface area contributed by atoms with Gasteiger partial charge in [-0.25, -0.2) is 14.3 Å². The average molecular weight is 972 g/mol. The summed E-state index contributed by atoms with van der Waals surface area (Å²) in [5.41, 5.74) is -2.94. The highest BCUT2D eigenvalue weighted by Crippen LogP contribution is 2.15. The molecule has 0 saturated carbocycles. The lowest BCUT2D eigenvalue weighted by molar-refractivity contribution is -0.163. The highest BCUT2D eigenvalue weighted by molar-refractivity contribution is 7.88. The largest absolute Gasteiger partial charge is 0.443 e. The van der Waals surface area contributed by atoms with E-state index in [-0.39, 0.29) is 81.9 Å². The number of ether oxygens (including phenoxy) is 3. The fourth-order valence-corrected chi connectivity index (χ4v) is 4.65. The van der Waals surface area contributed by atoms with Gasteiger partial charge >= 0.3 is 22.3 Å². The van der Waals surface area contributed by atoms with E-state index in [1.807, 2.05) is 166 Å². The Morgan fingerprint density at radius 1 is 0.409 bits per heavy atom. The molecule has 0 spiro atoms. The van der Waals surface area contributed by atoms with Crippen LogP contribution in [0.3, 0.4) is 0 Å². The molecule has 0 rings (SSSR count). The highest BCUT2D eigenvalue weighted by atomic mass is 32.2. The van der Waals surface area contributed by atoms with Crippen molar-refractivity contribution in [2.45, 2.75) is 272 Å². The Labute approximate surface area is 405 Å². The summed E-state index contributed by atoms with van der Waals surface area (Å²) in [4.78, 5) is 56.6. The molecule has 7 N–H and O–H groups in total. The molecule has 0 saturated heterocycles. The molecule has 0 unspecified atom stereocenters. The van der Waals surface area contributed by atoms with Crippen molar-refractivity contribution in [3.8, 4) is 0 Å². The summed E-state index contributed by atoms with van der Waals surface area (Å²) in [7, 11) is -3.89. The summed E-state index contributed by atoms with van der Waals surface area (Å²) in [6.07, 6.45) is -1.11. The van der Waals surface area contributed by atoms with Gasteiger partial charge < -0.3 is 40.8 Å². The van der Waals surface area contributed by atoms with Crippen LogP contribution in [0.1, 0.15) is 222 Å². The van der Waals surface area contributed by atoms with Crippen LogP contribution in [0.15, 0.2) is 0 Å². The maximum absolute atomic E-state index is 11.4. The molecule has 66 heavy (non-hydrogen) atoms. The zero-order chi connectivity index (χ0) is 53.9. The lowest BCUT2D eigenvalue weighted by atomic mass is 9.94. The predicted octanol–water partition coefficient (Wildman–Crippen LogP) is 9.39. The molecule has 0 fully saturated rings. The van der Waals surface area contributed by atoms with Gasteiger partial charge in [0, 0.05) is 38.6 Å². The van der Waals surface area contributed by atoms with E-state index in [4.69, 9.17) is 14.2 Å². The first-order valence-electron chi connectivity index (χ1n) is 22.1. The number of rotatable bonds is 6. The standard InChI is InChI=1S/C11H22N2O2.C9H20N2O4S.C9H20N2O.C9H19NO.C9H20O2.CH4/c1-10(2,3)12-8(14)7-9(15)13-11(4,5)6;1-8(2,3)11-16(13,14)10-7(12)15-9(4,5)6;1-8(2,3)10-7(12)11-9(4,5)6;1-8(2,3)7(11)10-9(4,5)6;1-8(2,3)10-7-11-9(4,5)6;/h7H2,1-6H3,(H,12,14)(H,13,15);11H,1-6H3,(H,10,12);1-6H3,(H2,10,11,12);1-6H3,(H,10,11);7H2,1-6H3;1H4. The minimum atomic E-state index is -3.89. The van der Waals surface area contributed by atoms with Gasteiger partial charge in [0.25, 0.3) is 0 Å². The summed E-state index contributed by atoms with van der Waals surface area (Å²) < 4.78 is 42.5. The Kier molecular flexibility index (Phi) is 31.9. The second-order valence-electron chi connectivity index (χ2n) is 25.9. The van der Waals surface area contributed by atoms with Crippen molar-refractivity contribution in [1.82, 2.24) is 36.0 Å². The van der Waals surface area contributed by atoms with E-state index in [1.54, 1.807) is 46.3 Å². The number of nitrogens with one attached hydrogen (secondary N) is 7. The van der Waals surface area contributed by atoms with Crippen LogP contribution in [0.4, 0.5) is 9.59 Å². The molecular weight excluding hydrogens is 867 g/mol. The first-order valence-corrected chi connectivity index (χ1v) is 23.6. The minimum absolute atomic E-state index is 0. The molecule has 0 aliphatic rings. The van der Waals surface area contributed by atoms with Crippen molar-refractivity contribution >= 4 is 40.1 Å². The van der Waals surface area contributed by atoms with Crippen LogP contribution >= 0.6 is 0 Å². The number of hydrogen-bond acceptors (Lipinski definition) is 10. The van der Waals surface area contributed by atoms with Gasteiger partial charge in [-0.3, -0.25) is 14.4 Å². The summed E-state index contributed by atoms with van der Waals surface area (Å²) in [6, 6.07) is -0.116. The van der Waals surface area contributed by atoms with E-state index in [0.717, 1.165) is 0 Å². The third-order valence-electron chi connectivity index (χ3n) is 5.54. The van der Waals surface area contributed by atoms with Crippen molar-refractivity contribution in [2.24, 2.45) is 5.41 Å². The van der Waals surface area contributed by atoms with Crippen molar-refractivity contribution in [2.75, 3.05) is 6.79 Å². The van der Waals surface area contributed by atoms with Crippen LogP contribution in [0.5, 0.6) is 0 Å². The zero-order valence-electron chi connectivity index (χ0n) is 46.9. The molecular formula is C48H105N7O10S. The van der Waals surface area contributed by atoms with Gasteiger partial charge in [0.2, 0.25) is 17.7 Å². The first-order chi connectivity index (χ1) is 27.7. The molecule has 0 radical (unpaired) electrons. The molecule has 6 amide bonds. The molecule has 0 atom stereocenters. The van der Waals surface area contributed by atoms with E-state index in [0.29, 0.717) is 6.79 Å². The summed E-state index contributed by atoms with van der Waals surface area (Å²) in [5.74, 6) is -0.390. The SMILES string of the molecule is C.CC(C)(C)NC(=O)C(C)(C)C.CC(C)(C)NC(=O)CC(=O)NC(C)(C)C.CC(C)(C)NC(=O)NC(C)(C)C.CC(C)(C)NS(=O)(=O)NC(=O)OC(C)(C)C.CC(C)(C)OCOC(C)(C)C. The number of urea groups is 1. The Morgan fingerprint density at radius 2 is 0.697 bits per heavy atom. The molecule has 0 aliphatic heterocycles. The third kappa shape index (κ3) is 69.8. The third-order valence-corrected chi connectivity index (χ3v) is 6.85. The fraction of sp³-hybridized carbons (Fsp3) is 0.896. The maximum Gasteiger partial charge on any atom is 0.422 e. The van der Waals surface area contributed by atoms with Crippen LogP contribution < -0.4 is 36.0 Å². The molecule has 0 aromatic heterocycles. The normalized spacial score (nSPS) is 12.7. The Morgan fingerprint density at radius 3 is 0.894 bits per heavy atom. The second kappa shape index (κ2) is 28.3. The van der Waals surface area contributed by atoms with Crippen molar-refractivity contribution in [3.05, 3.63) is 0 Å². The smallest absolute Gasteiger partial charge is 0.422 e. The second-order valence-corrected chi connectivity index (χ2v) is 27.3. The quantitative estimate of drug-likeness (QED) is 0.0985. The van der Waals surface area contributed by atoms with Gasteiger partial charge in [-0.1, -0.05) is 28.2 Å². The van der Waals surface area contributed by atoms with Gasteiger partial charge in [-0.05, 0) is 187 Å². The van der Waals surface area contributed by atoms with Crippen LogP contribution in [-0.4, -0.2) is 95.1 Å². The Bertz CT molecular complexity index is 1490. The molecule has 18 heteroatoms. The van der Waals surface area contributed by atoms with Gasteiger partial charge in [0.15, 0.2) is 0 Å². The van der Waals surface area contributed by atoms with E-state index >= 15 is 0 Å². The summed E-state index contributed by atoms with van der Waals surface area (Å²) >= 11 is 0. The fourth-order valence-electron chi connectivity index (χ4n) is 3.53. The number of carbonyl (C=O) groups is 5. The predicted molar refractivity (Wildman–Crippen MR) is 273 cm³/mol.